The number of hydrogen-bond acceptors (Lipinski definition) is 9. The van der Waals surface area contributed by atoms with E-state index in [-0.39, 0.29) is 23.3 Å². The lowest BCUT2D eigenvalue weighted by Gasteiger charge is -2.04. The summed E-state index contributed by atoms with van der Waals surface area (Å²) in [6, 6.07) is 5.79. The third kappa shape index (κ3) is 4.06. The smallest absolute Gasteiger partial charge is 0.329 e. The summed E-state index contributed by atoms with van der Waals surface area (Å²) < 4.78 is 18.1. The minimum atomic E-state index is -0.645. The number of rotatable bonds is 7. The van der Waals surface area contributed by atoms with Crippen molar-refractivity contribution in [1.29, 1.82) is 0 Å². The first kappa shape index (κ1) is 17.2. The third-order valence-corrected chi connectivity index (χ3v) is 3.42. The van der Waals surface area contributed by atoms with E-state index in [0.717, 1.165) is 6.20 Å². The number of halogens is 1. The average molecular weight is 359 g/mol. The molecule has 3 N–H and O–H groups in total. The highest BCUT2D eigenvalue weighted by molar-refractivity contribution is 5.54. The van der Waals surface area contributed by atoms with Gasteiger partial charge in [-0.15, -0.1) is 0 Å². The molecule has 0 saturated heterocycles. The molecular weight excluding hydrogens is 345 g/mol. The standard InChI is InChI=1S/C15H14FN7O3/c16-10-5-3-9(4-6-10)14-20-12(26-22-14)2-1-7-18-15-19-8-11(23(24)25)13(17)21-15/h3-6,8H,1-2,7H2,(H3,17,18,19,21). The van der Waals surface area contributed by atoms with Crippen molar-refractivity contribution in [2.24, 2.45) is 0 Å². The van der Waals surface area contributed by atoms with Crippen molar-refractivity contribution in [3.8, 4) is 11.4 Å². The molecule has 2 aromatic heterocycles. The van der Waals surface area contributed by atoms with Crippen molar-refractivity contribution >= 4 is 17.5 Å². The molecule has 26 heavy (non-hydrogen) atoms. The van der Waals surface area contributed by atoms with E-state index in [9.17, 15) is 14.5 Å². The monoisotopic (exact) mass is 359 g/mol. The Labute approximate surface area is 146 Å². The Morgan fingerprint density at radius 2 is 2.04 bits per heavy atom. The number of aromatic nitrogens is 4. The van der Waals surface area contributed by atoms with Gasteiger partial charge in [0.15, 0.2) is 0 Å². The van der Waals surface area contributed by atoms with Crippen molar-refractivity contribution in [1.82, 2.24) is 20.1 Å². The fourth-order valence-electron chi connectivity index (χ4n) is 2.13. The van der Waals surface area contributed by atoms with Crippen LogP contribution in [-0.4, -0.2) is 31.6 Å². The van der Waals surface area contributed by atoms with Crippen LogP contribution in [0.15, 0.2) is 35.0 Å². The average Bonchev–Trinajstić information content (AvgIpc) is 3.08. The number of nitro groups is 1. The first-order valence-electron chi connectivity index (χ1n) is 7.62. The summed E-state index contributed by atoms with van der Waals surface area (Å²) in [5.41, 5.74) is 5.82. The van der Waals surface area contributed by atoms with Crippen molar-refractivity contribution in [3.63, 3.8) is 0 Å². The Bertz CT molecular complexity index is 914. The van der Waals surface area contributed by atoms with Crippen molar-refractivity contribution in [3.05, 3.63) is 52.3 Å². The summed E-state index contributed by atoms with van der Waals surface area (Å²) in [4.78, 5) is 21.9. The number of benzene rings is 1. The Balaban J connectivity index is 1.50. The maximum absolute atomic E-state index is 12.9. The Kier molecular flexibility index (Phi) is 4.97. The molecule has 0 bridgehead atoms. The summed E-state index contributed by atoms with van der Waals surface area (Å²) in [6.45, 7) is 0.478. The molecule has 2 heterocycles. The topological polar surface area (TPSA) is 146 Å². The molecule has 3 rings (SSSR count). The first-order chi connectivity index (χ1) is 12.5. The molecular formula is C15H14FN7O3. The SMILES string of the molecule is Nc1nc(NCCCc2nc(-c3ccc(F)cc3)no2)ncc1[N+](=O)[O-]. The van der Waals surface area contributed by atoms with Gasteiger partial charge in [-0.05, 0) is 30.7 Å². The van der Waals surface area contributed by atoms with Gasteiger partial charge in [-0.1, -0.05) is 5.16 Å². The van der Waals surface area contributed by atoms with E-state index in [2.05, 4.69) is 25.4 Å². The molecule has 0 saturated carbocycles. The number of nitrogens with one attached hydrogen (secondary N) is 1. The summed E-state index contributed by atoms with van der Waals surface area (Å²) in [7, 11) is 0. The van der Waals surface area contributed by atoms with Crippen molar-refractivity contribution in [2.45, 2.75) is 12.8 Å². The van der Waals surface area contributed by atoms with Crippen LogP contribution in [0.2, 0.25) is 0 Å². The van der Waals surface area contributed by atoms with Gasteiger partial charge < -0.3 is 15.6 Å². The highest BCUT2D eigenvalue weighted by Crippen LogP contribution is 2.18. The number of nitrogens with two attached hydrogens (primary N) is 1. The van der Waals surface area contributed by atoms with Crippen LogP contribution in [0.25, 0.3) is 11.4 Å². The second-order valence-corrected chi connectivity index (χ2v) is 5.27. The molecule has 134 valence electrons. The Morgan fingerprint density at radius 1 is 1.27 bits per heavy atom. The van der Waals surface area contributed by atoms with Crippen molar-refractivity contribution in [2.75, 3.05) is 17.6 Å². The molecule has 0 aliphatic rings. The lowest BCUT2D eigenvalue weighted by Crippen LogP contribution is -2.09. The van der Waals surface area contributed by atoms with Crippen LogP contribution in [0.4, 0.5) is 21.8 Å². The highest BCUT2D eigenvalue weighted by Gasteiger charge is 2.14. The van der Waals surface area contributed by atoms with Crippen LogP contribution in [0.5, 0.6) is 0 Å². The van der Waals surface area contributed by atoms with Crippen molar-refractivity contribution < 1.29 is 13.8 Å². The second kappa shape index (κ2) is 7.51. The molecule has 11 heteroatoms. The summed E-state index contributed by atoms with van der Waals surface area (Å²) in [5, 5.41) is 17.4. The Hall–Kier alpha value is -3.63. The van der Waals surface area contributed by atoms with Crippen LogP contribution in [0, 0.1) is 15.9 Å². The van der Waals surface area contributed by atoms with Crippen LogP contribution in [0.1, 0.15) is 12.3 Å². The number of hydrogen-bond donors (Lipinski definition) is 2. The van der Waals surface area contributed by atoms with Crippen LogP contribution >= 0.6 is 0 Å². The van der Waals surface area contributed by atoms with E-state index in [1.165, 1.54) is 12.1 Å². The molecule has 10 nitrogen and oxygen atoms in total. The molecule has 1 aromatic carbocycles. The van der Waals surface area contributed by atoms with Crippen LogP contribution < -0.4 is 11.1 Å². The summed E-state index contributed by atoms with van der Waals surface area (Å²) in [6.07, 6.45) is 2.19. The molecule has 0 amide bonds. The largest absolute Gasteiger partial charge is 0.378 e. The Morgan fingerprint density at radius 3 is 2.73 bits per heavy atom. The normalized spacial score (nSPS) is 10.7. The minimum Gasteiger partial charge on any atom is -0.378 e. The van der Waals surface area contributed by atoms with E-state index < -0.39 is 4.92 Å². The van der Waals surface area contributed by atoms with Gasteiger partial charge in [0.25, 0.3) is 0 Å². The van der Waals surface area contributed by atoms with Gasteiger partial charge in [0, 0.05) is 18.5 Å². The van der Waals surface area contributed by atoms with Gasteiger partial charge in [-0.25, -0.2) is 9.37 Å². The number of aryl methyl sites for hydroxylation is 1. The van der Waals surface area contributed by atoms with E-state index in [0.29, 0.717) is 36.7 Å². The fourth-order valence-corrected chi connectivity index (χ4v) is 2.13. The van der Waals surface area contributed by atoms with Gasteiger partial charge in [0.05, 0.1) is 4.92 Å². The lowest BCUT2D eigenvalue weighted by molar-refractivity contribution is -0.384. The van der Waals surface area contributed by atoms with Gasteiger partial charge in [-0.3, -0.25) is 10.1 Å². The van der Waals surface area contributed by atoms with Crippen LogP contribution in [0.3, 0.4) is 0 Å². The second-order valence-electron chi connectivity index (χ2n) is 5.27. The molecule has 0 aliphatic heterocycles. The zero-order valence-corrected chi connectivity index (χ0v) is 13.4. The number of anilines is 2. The fraction of sp³-hybridized carbons (Fsp3) is 0.200. The maximum Gasteiger partial charge on any atom is 0.329 e. The lowest BCUT2D eigenvalue weighted by atomic mass is 10.2. The zero-order valence-electron chi connectivity index (χ0n) is 13.4. The molecule has 0 aliphatic carbocycles. The maximum atomic E-state index is 12.9. The number of nitrogens with zero attached hydrogens (tertiary/aromatic N) is 5. The van der Waals surface area contributed by atoms with Crippen LogP contribution in [-0.2, 0) is 6.42 Å². The van der Waals surface area contributed by atoms with Gasteiger partial charge in [0.2, 0.25) is 23.5 Å². The van der Waals surface area contributed by atoms with Gasteiger partial charge in [0.1, 0.15) is 12.0 Å². The zero-order chi connectivity index (χ0) is 18.5. The predicted molar refractivity (Wildman–Crippen MR) is 89.6 cm³/mol. The molecule has 0 radical (unpaired) electrons. The predicted octanol–water partition coefficient (Wildman–Crippen LogP) is 2.20. The number of nitrogen functional groups attached to an aromatic ring is 1. The minimum absolute atomic E-state index is 0.200. The molecule has 3 aromatic rings. The van der Waals surface area contributed by atoms with E-state index in [1.54, 1.807) is 12.1 Å². The van der Waals surface area contributed by atoms with E-state index in [1.807, 2.05) is 0 Å². The highest BCUT2D eigenvalue weighted by atomic mass is 19.1. The van der Waals surface area contributed by atoms with E-state index >= 15 is 0 Å². The van der Waals surface area contributed by atoms with Gasteiger partial charge >= 0.3 is 5.69 Å². The summed E-state index contributed by atoms with van der Waals surface area (Å²) >= 11 is 0. The third-order valence-electron chi connectivity index (χ3n) is 3.42. The quantitative estimate of drug-likeness (QED) is 0.368. The molecule has 0 unspecified atom stereocenters. The molecule has 0 fully saturated rings. The van der Waals surface area contributed by atoms with E-state index in [4.69, 9.17) is 10.3 Å². The molecule has 0 atom stereocenters. The summed E-state index contributed by atoms with van der Waals surface area (Å²) in [5.74, 6) is 0.492. The molecule has 0 spiro atoms. The van der Waals surface area contributed by atoms with Gasteiger partial charge in [-0.2, -0.15) is 9.97 Å². The first-order valence-corrected chi connectivity index (χ1v) is 7.62.